The Labute approximate surface area is 168 Å². The zero-order valence-corrected chi connectivity index (χ0v) is 15.7. The van der Waals surface area contributed by atoms with Crippen molar-refractivity contribution in [2.75, 3.05) is 11.9 Å². The number of rotatable bonds is 6. The first kappa shape index (κ1) is 18.7. The van der Waals surface area contributed by atoms with Crippen molar-refractivity contribution in [1.29, 1.82) is 0 Å². The minimum atomic E-state index is -1.01. The van der Waals surface area contributed by atoms with Crippen LogP contribution in [0.2, 0.25) is 0 Å². The fraction of sp³-hybridized carbons (Fsp3) is 0.130. The molecule has 29 heavy (non-hydrogen) atoms. The third-order valence-corrected chi connectivity index (χ3v) is 4.81. The number of benzene rings is 3. The van der Waals surface area contributed by atoms with Crippen molar-refractivity contribution in [3.8, 4) is 0 Å². The lowest BCUT2D eigenvalue weighted by atomic mass is 9.95. The summed E-state index contributed by atoms with van der Waals surface area (Å²) >= 11 is 0. The smallest absolute Gasteiger partial charge is 0.337 e. The molecule has 0 aromatic heterocycles. The molecule has 6 heteroatoms. The van der Waals surface area contributed by atoms with Gasteiger partial charge in [-0.05, 0) is 29.8 Å². The maximum Gasteiger partial charge on any atom is 0.337 e. The van der Waals surface area contributed by atoms with Gasteiger partial charge < -0.3 is 10.4 Å². The fourth-order valence-corrected chi connectivity index (χ4v) is 3.34. The van der Waals surface area contributed by atoms with Gasteiger partial charge in [0.05, 0.1) is 17.2 Å². The minimum Gasteiger partial charge on any atom is -0.478 e. The van der Waals surface area contributed by atoms with Crippen molar-refractivity contribution < 1.29 is 14.7 Å². The quantitative estimate of drug-likeness (QED) is 0.583. The molecule has 0 aliphatic carbocycles. The third-order valence-electron chi connectivity index (χ3n) is 4.81. The first-order chi connectivity index (χ1) is 14.2. The van der Waals surface area contributed by atoms with Gasteiger partial charge in [0.25, 0.3) is 0 Å². The Kier molecular flexibility index (Phi) is 5.54. The predicted molar refractivity (Wildman–Crippen MR) is 112 cm³/mol. The lowest BCUT2D eigenvalue weighted by Gasteiger charge is -2.18. The average Bonchev–Trinajstić information content (AvgIpc) is 3.16. The molecule has 146 valence electrons. The van der Waals surface area contributed by atoms with Crippen molar-refractivity contribution in [3.05, 3.63) is 96.1 Å². The van der Waals surface area contributed by atoms with Crippen LogP contribution in [0.25, 0.3) is 0 Å². The van der Waals surface area contributed by atoms with Crippen LogP contribution in [0, 0.1) is 5.92 Å². The van der Waals surface area contributed by atoms with Crippen LogP contribution in [0.5, 0.6) is 0 Å². The SMILES string of the molecule is O=C(O)c1ccccc1N=C1NOC(c2ccccc2)C1CNc1ccccc1. The topological polar surface area (TPSA) is 83.0 Å². The molecule has 0 radical (unpaired) electrons. The average molecular weight is 387 g/mol. The van der Waals surface area contributed by atoms with Gasteiger partial charge in [0.15, 0.2) is 0 Å². The molecule has 1 heterocycles. The molecule has 6 nitrogen and oxygen atoms in total. The number of amidine groups is 1. The molecule has 1 saturated heterocycles. The highest BCUT2D eigenvalue weighted by Gasteiger charge is 2.36. The van der Waals surface area contributed by atoms with E-state index >= 15 is 0 Å². The maximum atomic E-state index is 11.5. The Hall–Kier alpha value is -3.64. The fourth-order valence-electron chi connectivity index (χ4n) is 3.34. The van der Waals surface area contributed by atoms with Crippen LogP contribution in [0.4, 0.5) is 11.4 Å². The second kappa shape index (κ2) is 8.58. The monoisotopic (exact) mass is 387 g/mol. The van der Waals surface area contributed by atoms with Crippen LogP contribution in [-0.4, -0.2) is 23.5 Å². The van der Waals surface area contributed by atoms with E-state index in [-0.39, 0.29) is 17.6 Å². The second-order valence-corrected chi connectivity index (χ2v) is 6.72. The Morgan fingerprint density at radius 1 is 0.966 bits per heavy atom. The van der Waals surface area contributed by atoms with Crippen LogP contribution in [0.15, 0.2) is 89.9 Å². The van der Waals surface area contributed by atoms with Gasteiger partial charge in [-0.25, -0.2) is 9.79 Å². The second-order valence-electron chi connectivity index (χ2n) is 6.72. The molecule has 4 rings (SSSR count). The molecule has 3 aromatic rings. The summed E-state index contributed by atoms with van der Waals surface area (Å²) in [5.41, 5.74) is 5.49. The van der Waals surface area contributed by atoms with Gasteiger partial charge >= 0.3 is 5.97 Å². The summed E-state index contributed by atoms with van der Waals surface area (Å²) in [6, 6.07) is 26.5. The van der Waals surface area contributed by atoms with Crippen molar-refractivity contribution in [2.24, 2.45) is 10.9 Å². The molecule has 0 amide bonds. The molecule has 1 fully saturated rings. The lowest BCUT2D eigenvalue weighted by molar-refractivity contribution is 0.0296. The van der Waals surface area contributed by atoms with Gasteiger partial charge in [0.2, 0.25) is 0 Å². The Bertz CT molecular complexity index is 1010. The molecule has 3 N–H and O–H groups in total. The van der Waals surface area contributed by atoms with Crippen molar-refractivity contribution in [1.82, 2.24) is 5.48 Å². The summed E-state index contributed by atoms with van der Waals surface area (Å²) in [4.78, 5) is 22.0. The summed E-state index contributed by atoms with van der Waals surface area (Å²) in [6.45, 7) is 0.574. The molecule has 1 aliphatic heterocycles. The molecule has 0 spiro atoms. The number of hydrogen-bond donors (Lipinski definition) is 3. The zero-order chi connectivity index (χ0) is 20.1. The highest BCUT2D eigenvalue weighted by molar-refractivity contribution is 5.96. The number of aromatic carboxylic acids is 1. The molecule has 0 bridgehead atoms. The molecule has 0 saturated carbocycles. The summed E-state index contributed by atoms with van der Waals surface area (Å²) in [7, 11) is 0. The molecule has 2 atom stereocenters. The number of hydrogen-bond acceptors (Lipinski definition) is 4. The Morgan fingerprint density at radius 3 is 2.34 bits per heavy atom. The molecular formula is C23H21N3O3. The Morgan fingerprint density at radius 2 is 1.62 bits per heavy atom. The van der Waals surface area contributed by atoms with E-state index in [9.17, 15) is 9.90 Å². The van der Waals surface area contributed by atoms with Crippen molar-refractivity contribution in [3.63, 3.8) is 0 Å². The van der Waals surface area contributed by atoms with Gasteiger partial charge in [-0.2, -0.15) is 0 Å². The summed E-state index contributed by atoms with van der Waals surface area (Å²) in [5, 5.41) is 12.9. The number of para-hydroxylation sites is 2. The van der Waals surface area contributed by atoms with Crippen LogP contribution in [-0.2, 0) is 4.84 Å². The van der Waals surface area contributed by atoms with Crippen LogP contribution >= 0.6 is 0 Å². The Balaban J connectivity index is 1.66. The molecular weight excluding hydrogens is 366 g/mol. The third kappa shape index (κ3) is 4.28. The summed E-state index contributed by atoms with van der Waals surface area (Å²) in [6.07, 6.45) is -0.247. The number of aliphatic imine (C=N–C) groups is 1. The van der Waals surface area contributed by atoms with Gasteiger partial charge in [0.1, 0.15) is 11.9 Å². The number of anilines is 1. The number of carboxylic acids is 1. The lowest BCUT2D eigenvalue weighted by Crippen LogP contribution is -2.26. The van der Waals surface area contributed by atoms with E-state index in [4.69, 9.17) is 4.84 Å². The van der Waals surface area contributed by atoms with Crippen LogP contribution in [0.1, 0.15) is 22.0 Å². The standard InChI is InChI=1S/C23H21N3O3/c27-23(28)18-13-7-8-14-20(18)25-22-19(15-24-17-11-5-2-6-12-17)21(29-26-22)16-9-3-1-4-10-16/h1-14,19,21,24H,15H2,(H,25,26)(H,27,28). The van der Waals surface area contributed by atoms with Gasteiger partial charge in [-0.3, -0.25) is 10.3 Å². The van der Waals surface area contributed by atoms with Gasteiger partial charge in [0, 0.05) is 12.2 Å². The van der Waals surface area contributed by atoms with Crippen LogP contribution < -0.4 is 10.8 Å². The van der Waals surface area contributed by atoms with E-state index in [1.807, 2.05) is 60.7 Å². The first-order valence-corrected chi connectivity index (χ1v) is 9.39. The molecule has 2 unspecified atom stereocenters. The number of carbonyl (C=O) groups is 1. The largest absolute Gasteiger partial charge is 0.478 e. The van der Waals surface area contributed by atoms with E-state index in [0.29, 0.717) is 18.1 Å². The number of hydroxylamine groups is 1. The highest BCUT2D eigenvalue weighted by atomic mass is 16.7. The van der Waals surface area contributed by atoms with Crippen LogP contribution in [0.3, 0.4) is 0 Å². The normalized spacial score (nSPS) is 19.7. The van der Waals surface area contributed by atoms with E-state index in [0.717, 1.165) is 11.3 Å². The number of nitrogens with one attached hydrogen (secondary N) is 2. The number of carboxylic acid groups (broad SMARTS) is 1. The molecule has 3 aromatic carbocycles. The maximum absolute atomic E-state index is 11.5. The van der Waals surface area contributed by atoms with E-state index in [2.05, 4.69) is 15.8 Å². The number of nitrogens with zero attached hydrogens (tertiary/aromatic N) is 1. The van der Waals surface area contributed by atoms with E-state index < -0.39 is 5.97 Å². The van der Waals surface area contributed by atoms with E-state index in [1.165, 1.54) is 0 Å². The zero-order valence-electron chi connectivity index (χ0n) is 15.7. The minimum absolute atomic E-state index is 0.126. The molecule has 1 aliphatic rings. The van der Waals surface area contributed by atoms with Gasteiger partial charge in [-0.15, -0.1) is 0 Å². The van der Waals surface area contributed by atoms with Crippen molar-refractivity contribution in [2.45, 2.75) is 6.10 Å². The van der Waals surface area contributed by atoms with Crippen molar-refractivity contribution >= 4 is 23.2 Å². The highest BCUT2D eigenvalue weighted by Crippen LogP contribution is 2.33. The van der Waals surface area contributed by atoms with Gasteiger partial charge in [-0.1, -0.05) is 60.7 Å². The first-order valence-electron chi connectivity index (χ1n) is 9.39. The summed E-state index contributed by atoms with van der Waals surface area (Å²) < 4.78 is 0. The predicted octanol–water partition coefficient (Wildman–Crippen LogP) is 4.42. The summed E-state index contributed by atoms with van der Waals surface area (Å²) in [5.74, 6) is -0.544. The van der Waals surface area contributed by atoms with E-state index in [1.54, 1.807) is 24.3 Å².